The van der Waals surface area contributed by atoms with Crippen molar-refractivity contribution in [1.29, 1.82) is 0 Å². The molecule has 3 N–H and O–H groups in total. The maximum Gasteiger partial charge on any atom is 0.322 e. The number of fused-ring (bicyclic) bond motifs is 1. The van der Waals surface area contributed by atoms with Gasteiger partial charge in [-0.25, -0.2) is 0 Å². The van der Waals surface area contributed by atoms with E-state index in [4.69, 9.17) is 5.11 Å². The van der Waals surface area contributed by atoms with Crippen LogP contribution in [0.1, 0.15) is 29.2 Å². The van der Waals surface area contributed by atoms with E-state index in [1.54, 1.807) is 13.0 Å². The molecule has 1 aliphatic heterocycles. The van der Waals surface area contributed by atoms with E-state index in [1.165, 1.54) is 22.4 Å². The molecule has 2 aromatic carbocycles. The number of rotatable bonds is 5. The van der Waals surface area contributed by atoms with Crippen LogP contribution in [0.2, 0.25) is 0 Å². The average molecular weight is 364 g/mol. The van der Waals surface area contributed by atoms with Crippen LogP contribution in [0.4, 0.5) is 5.69 Å². The Morgan fingerprint density at radius 3 is 2.70 bits per heavy atom. The van der Waals surface area contributed by atoms with E-state index in [0.717, 1.165) is 29.7 Å². The molecule has 0 aromatic heterocycles. The SMILES string of the molecule is CC(=Cc1cc(C)c(-c2ccc3c(c2)CCN3)cc1C)C(=O)NCC(=O)O. The highest BCUT2D eigenvalue weighted by Crippen LogP contribution is 2.32. The van der Waals surface area contributed by atoms with Crippen LogP contribution in [0.25, 0.3) is 17.2 Å². The second kappa shape index (κ2) is 7.66. The first-order valence-corrected chi connectivity index (χ1v) is 9.02. The molecule has 0 unspecified atom stereocenters. The lowest BCUT2D eigenvalue weighted by atomic mass is 9.93. The fourth-order valence-corrected chi connectivity index (χ4v) is 3.37. The molecule has 27 heavy (non-hydrogen) atoms. The minimum absolute atomic E-state index is 0.371. The molecule has 0 atom stereocenters. The Labute approximate surface area is 159 Å². The zero-order chi connectivity index (χ0) is 19.6. The van der Waals surface area contributed by atoms with Gasteiger partial charge in [0.15, 0.2) is 0 Å². The molecule has 1 aliphatic rings. The molecule has 0 fully saturated rings. The van der Waals surface area contributed by atoms with Crippen LogP contribution in [-0.2, 0) is 16.0 Å². The van der Waals surface area contributed by atoms with E-state index in [1.807, 2.05) is 6.92 Å². The van der Waals surface area contributed by atoms with Crippen molar-refractivity contribution in [2.75, 3.05) is 18.4 Å². The van der Waals surface area contributed by atoms with Crippen LogP contribution in [0.5, 0.6) is 0 Å². The second-order valence-electron chi connectivity index (χ2n) is 6.98. The van der Waals surface area contributed by atoms with E-state index in [9.17, 15) is 9.59 Å². The minimum Gasteiger partial charge on any atom is -0.480 e. The summed E-state index contributed by atoms with van der Waals surface area (Å²) in [6, 6.07) is 10.7. The molecule has 1 heterocycles. The van der Waals surface area contributed by atoms with E-state index in [0.29, 0.717) is 5.57 Å². The van der Waals surface area contributed by atoms with Gasteiger partial charge in [-0.05, 0) is 78.8 Å². The normalized spacial score (nSPS) is 13.1. The van der Waals surface area contributed by atoms with Crippen molar-refractivity contribution < 1.29 is 14.7 Å². The molecule has 5 heteroatoms. The first kappa shape index (κ1) is 18.7. The maximum atomic E-state index is 12.0. The Morgan fingerprint density at radius 2 is 1.96 bits per heavy atom. The van der Waals surface area contributed by atoms with Crippen molar-refractivity contribution in [2.24, 2.45) is 0 Å². The summed E-state index contributed by atoms with van der Waals surface area (Å²) in [4.78, 5) is 22.6. The third-order valence-electron chi connectivity index (χ3n) is 4.87. The summed E-state index contributed by atoms with van der Waals surface area (Å²) in [6.45, 7) is 6.38. The highest BCUT2D eigenvalue weighted by atomic mass is 16.4. The number of hydrogen-bond donors (Lipinski definition) is 3. The van der Waals surface area contributed by atoms with Crippen molar-refractivity contribution in [3.8, 4) is 11.1 Å². The highest BCUT2D eigenvalue weighted by molar-refractivity contribution is 5.98. The van der Waals surface area contributed by atoms with E-state index in [2.05, 4.69) is 47.9 Å². The van der Waals surface area contributed by atoms with Crippen LogP contribution in [0, 0.1) is 13.8 Å². The number of aryl methyl sites for hydroxylation is 2. The summed E-state index contributed by atoms with van der Waals surface area (Å²) in [5, 5.41) is 14.4. The molecule has 2 aromatic rings. The van der Waals surface area contributed by atoms with Gasteiger partial charge in [-0.1, -0.05) is 18.2 Å². The lowest BCUT2D eigenvalue weighted by Gasteiger charge is -2.12. The monoisotopic (exact) mass is 364 g/mol. The topological polar surface area (TPSA) is 78.4 Å². The number of benzene rings is 2. The van der Waals surface area contributed by atoms with Gasteiger partial charge in [-0.2, -0.15) is 0 Å². The lowest BCUT2D eigenvalue weighted by Crippen LogP contribution is -2.29. The molecule has 0 spiro atoms. The summed E-state index contributed by atoms with van der Waals surface area (Å²) in [5.74, 6) is -1.43. The van der Waals surface area contributed by atoms with Gasteiger partial charge in [0.2, 0.25) is 5.91 Å². The Balaban J connectivity index is 1.88. The Hall–Kier alpha value is -3.08. The Kier molecular flexibility index (Phi) is 5.31. The molecule has 3 rings (SSSR count). The number of aliphatic carboxylic acids is 1. The van der Waals surface area contributed by atoms with Gasteiger partial charge in [0.1, 0.15) is 6.54 Å². The zero-order valence-electron chi connectivity index (χ0n) is 15.8. The molecular weight excluding hydrogens is 340 g/mol. The van der Waals surface area contributed by atoms with E-state index < -0.39 is 5.97 Å². The number of hydrogen-bond acceptors (Lipinski definition) is 3. The Bertz CT molecular complexity index is 945. The largest absolute Gasteiger partial charge is 0.480 e. The Morgan fingerprint density at radius 1 is 1.19 bits per heavy atom. The molecule has 0 bridgehead atoms. The molecule has 0 saturated heterocycles. The number of carbonyl (C=O) groups is 2. The summed E-state index contributed by atoms with van der Waals surface area (Å²) in [5.41, 5.74) is 8.60. The highest BCUT2D eigenvalue weighted by Gasteiger charge is 2.13. The number of carbonyl (C=O) groups excluding carboxylic acids is 1. The fourth-order valence-electron chi connectivity index (χ4n) is 3.37. The van der Waals surface area contributed by atoms with Gasteiger partial charge in [-0.15, -0.1) is 0 Å². The van der Waals surface area contributed by atoms with Crippen molar-refractivity contribution in [3.63, 3.8) is 0 Å². The van der Waals surface area contributed by atoms with Gasteiger partial charge in [0.05, 0.1) is 0 Å². The predicted molar refractivity (Wildman–Crippen MR) is 108 cm³/mol. The number of carboxylic acids is 1. The number of anilines is 1. The van der Waals surface area contributed by atoms with Crippen molar-refractivity contribution in [1.82, 2.24) is 5.32 Å². The van der Waals surface area contributed by atoms with E-state index >= 15 is 0 Å². The van der Waals surface area contributed by atoms with Crippen molar-refractivity contribution in [3.05, 3.63) is 58.2 Å². The third kappa shape index (κ3) is 4.19. The van der Waals surface area contributed by atoms with Crippen LogP contribution >= 0.6 is 0 Å². The maximum absolute atomic E-state index is 12.0. The molecule has 0 saturated carbocycles. The molecule has 0 aliphatic carbocycles. The van der Waals surface area contributed by atoms with Gasteiger partial charge in [0, 0.05) is 17.8 Å². The quantitative estimate of drug-likeness (QED) is 0.709. The molecule has 0 radical (unpaired) electrons. The first-order valence-electron chi connectivity index (χ1n) is 9.02. The average Bonchev–Trinajstić information content (AvgIpc) is 3.09. The summed E-state index contributed by atoms with van der Waals surface area (Å²) in [7, 11) is 0. The first-order chi connectivity index (χ1) is 12.8. The van der Waals surface area contributed by atoms with E-state index in [-0.39, 0.29) is 12.5 Å². The zero-order valence-corrected chi connectivity index (χ0v) is 15.8. The van der Waals surface area contributed by atoms with Crippen LogP contribution in [0.3, 0.4) is 0 Å². The standard InChI is InChI=1S/C22H24N2O3/c1-13-10-19(16-4-5-20-17(11-16)6-7-23-20)14(2)8-18(13)9-15(3)22(27)24-12-21(25)26/h4-5,8-11,23H,6-7,12H2,1-3H3,(H,24,27)(H,25,26). The molecule has 1 amide bonds. The molecule has 140 valence electrons. The number of carboxylic acid groups (broad SMARTS) is 1. The smallest absolute Gasteiger partial charge is 0.322 e. The van der Waals surface area contributed by atoms with Gasteiger partial charge >= 0.3 is 5.97 Å². The van der Waals surface area contributed by atoms with Crippen molar-refractivity contribution in [2.45, 2.75) is 27.2 Å². The summed E-state index contributed by atoms with van der Waals surface area (Å²) >= 11 is 0. The lowest BCUT2D eigenvalue weighted by molar-refractivity contribution is -0.137. The van der Waals surface area contributed by atoms with Crippen LogP contribution in [-0.4, -0.2) is 30.1 Å². The number of nitrogens with one attached hydrogen (secondary N) is 2. The second-order valence-corrected chi connectivity index (χ2v) is 6.98. The minimum atomic E-state index is -1.06. The summed E-state index contributed by atoms with van der Waals surface area (Å²) < 4.78 is 0. The van der Waals surface area contributed by atoms with Crippen LogP contribution < -0.4 is 10.6 Å². The third-order valence-corrected chi connectivity index (χ3v) is 4.87. The molecule has 5 nitrogen and oxygen atoms in total. The van der Waals surface area contributed by atoms with Gasteiger partial charge < -0.3 is 15.7 Å². The van der Waals surface area contributed by atoms with Crippen molar-refractivity contribution >= 4 is 23.6 Å². The fraction of sp³-hybridized carbons (Fsp3) is 0.273. The van der Waals surface area contributed by atoms with Crippen LogP contribution in [0.15, 0.2) is 35.9 Å². The summed E-state index contributed by atoms with van der Waals surface area (Å²) in [6.07, 6.45) is 2.85. The number of amides is 1. The molecular formula is C22H24N2O3. The van der Waals surface area contributed by atoms with Gasteiger partial charge in [0.25, 0.3) is 0 Å². The predicted octanol–water partition coefficient (Wildman–Crippen LogP) is 3.54. The van der Waals surface area contributed by atoms with Gasteiger partial charge in [-0.3, -0.25) is 9.59 Å².